The summed E-state index contributed by atoms with van der Waals surface area (Å²) in [6.45, 7) is 2.58. The summed E-state index contributed by atoms with van der Waals surface area (Å²) in [4.78, 5) is 23.4. The molecule has 134 valence electrons. The number of fused-ring (bicyclic) bond motifs is 1. The van der Waals surface area contributed by atoms with Crippen molar-refractivity contribution in [1.29, 1.82) is 0 Å². The summed E-state index contributed by atoms with van der Waals surface area (Å²) in [6, 6.07) is 17.1. The van der Waals surface area contributed by atoms with E-state index in [2.05, 4.69) is 5.32 Å². The third-order valence-corrected chi connectivity index (χ3v) is 4.01. The first-order valence-corrected chi connectivity index (χ1v) is 8.70. The molecule has 0 fully saturated rings. The number of carbonyl (C=O) groups excluding carboxylic acids is 2. The van der Waals surface area contributed by atoms with Crippen LogP contribution in [0.2, 0.25) is 0 Å². The quantitative estimate of drug-likeness (QED) is 0.512. The van der Waals surface area contributed by atoms with Gasteiger partial charge < -0.3 is 14.5 Å². The van der Waals surface area contributed by atoms with Gasteiger partial charge in [0.1, 0.15) is 11.3 Å². The molecule has 0 saturated carbocycles. The van der Waals surface area contributed by atoms with Gasteiger partial charge in [-0.1, -0.05) is 30.3 Å². The lowest BCUT2D eigenvalue weighted by Gasteiger charge is -2.06. The summed E-state index contributed by atoms with van der Waals surface area (Å²) < 4.78 is 10.7. The van der Waals surface area contributed by atoms with Crippen molar-refractivity contribution >= 4 is 22.8 Å². The molecule has 0 radical (unpaired) electrons. The van der Waals surface area contributed by atoms with Crippen molar-refractivity contribution in [3.8, 4) is 11.3 Å². The number of carbonyl (C=O) groups is 2. The van der Waals surface area contributed by atoms with Crippen molar-refractivity contribution in [1.82, 2.24) is 5.32 Å². The van der Waals surface area contributed by atoms with Gasteiger partial charge in [-0.3, -0.25) is 9.59 Å². The van der Waals surface area contributed by atoms with Crippen molar-refractivity contribution in [2.45, 2.75) is 19.8 Å². The fraction of sp³-hybridized carbons (Fsp3) is 0.238. The molecule has 0 saturated heterocycles. The summed E-state index contributed by atoms with van der Waals surface area (Å²) in [7, 11) is 0. The number of nitrogens with one attached hydrogen (secondary N) is 1. The molecule has 0 atom stereocenters. The standard InChI is InChI=1S/C21H21NO4/c1-2-25-20(23)8-5-13-22-21(24)16-11-9-15(10-12-16)19-14-17-6-3-4-7-18(17)26-19/h3-4,6-7,9-12,14H,2,5,8,13H2,1H3,(H,22,24). The van der Waals surface area contributed by atoms with E-state index in [-0.39, 0.29) is 11.9 Å². The van der Waals surface area contributed by atoms with Crippen LogP contribution in [0.15, 0.2) is 59.0 Å². The molecule has 3 aromatic rings. The Morgan fingerprint density at radius 1 is 1.08 bits per heavy atom. The summed E-state index contributed by atoms with van der Waals surface area (Å²) in [6.07, 6.45) is 0.862. The van der Waals surface area contributed by atoms with Crippen LogP contribution in [0.3, 0.4) is 0 Å². The van der Waals surface area contributed by atoms with Crippen molar-refractivity contribution in [2.24, 2.45) is 0 Å². The molecule has 0 aliphatic rings. The molecule has 0 unspecified atom stereocenters. The predicted molar refractivity (Wildman–Crippen MR) is 99.9 cm³/mol. The number of para-hydroxylation sites is 1. The van der Waals surface area contributed by atoms with Gasteiger partial charge >= 0.3 is 5.97 Å². The highest BCUT2D eigenvalue weighted by Gasteiger charge is 2.09. The second-order valence-corrected chi connectivity index (χ2v) is 5.89. The van der Waals surface area contributed by atoms with Crippen LogP contribution in [0.4, 0.5) is 0 Å². The maximum absolute atomic E-state index is 12.2. The topological polar surface area (TPSA) is 68.5 Å². The molecule has 0 aliphatic carbocycles. The van der Waals surface area contributed by atoms with Gasteiger partial charge in [0.2, 0.25) is 0 Å². The first kappa shape index (κ1) is 17.7. The average Bonchev–Trinajstić information content (AvgIpc) is 3.09. The SMILES string of the molecule is CCOC(=O)CCCNC(=O)c1ccc(-c2cc3ccccc3o2)cc1. The van der Waals surface area contributed by atoms with Crippen LogP contribution < -0.4 is 5.32 Å². The Kier molecular flexibility index (Phi) is 5.69. The highest BCUT2D eigenvalue weighted by atomic mass is 16.5. The van der Waals surface area contributed by atoms with E-state index in [9.17, 15) is 9.59 Å². The van der Waals surface area contributed by atoms with E-state index in [0.717, 1.165) is 22.3 Å². The van der Waals surface area contributed by atoms with Crippen molar-refractivity contribution in [3.05, 3.63) is 60.2 Å². The van der Waals surface area contributed by atoms with E-state index in [1.165, 1.54) is 0 Å². The van der Waals surface area contributed by atoms with Gasteiger partial charge in [0.05, 0.1) is 6.61 Å². The number of esters is 1. The van der Waals surface area contributed by atoms with Crippen LogP contribution in [0, 0.1) is 0 Å². The molecule has 0 aliphatic heterocycles. The molecule has 1 heterocycles. The zero-order chi connectivity index (χ0) is 18.4. The molecule has 2 aromatic carbocycles. The molecule has 0 spiro atoms. The normalized spacial score (nSPS) is 10.7. The highest BCUT2D eigenvalue weighted by Crippen LogP contribution is 2.27. The molecule has 1 amide bonds. The Bertz CT molecular complexity index is 863. The number of ether oxygens (including phenoxy) is 1. The summed E-state index contributed by atoms with van der Waals surface area (Å²) in [5.41, 5.74) is 2.33. The van der Waals surface area contributed by atoms with E-state index >= 15 is 0 Å². The van der Waals surface area contributed by atoms with Crippen LogP contribution in [0.5, 0.6) is 0 Å². The maximum atomic E-state index is 12.2. The van der Waals surface area contributed by atoms with Crippen LogP contribution in [0.25, 0.3) is 22.3 Å². The number of hydrogen-bond donors (Lipinski definition) is 1. The van der Waals surface area contributed by atoms with Gasteiger partial charge in [-0.25, -0.2) is 0 Å². The molecule has 5 heteroatoms. The van der Waals surface area contributed by atoms with E-state index in [1.807, 2.05) is 42.5 Å². The monoisotopic (exact) mass is 351 g/mol. The predicted octanol–water partition coefficient (Wildman–Crippen LogP) is 4.17. The fourth-order valence-corrected chi connectivity index (χ4v) is 2.68. The molecular weight excluding hydrogens is 330 g/mol. The molecule has 3 rings (SSSR count). The van der Waals surface area contributed by atoms with Crippen molar-refractivity contribution in [3.63, 3.8) is 0 Å². The Hall–Kier alpha value is -3.08. The first-order valence-electron chi connectivity index (χ1n) is 8.70. The lowest BCUT2D eigenvalue weighted by atomic mass is 10.1. The Morgan fingerprint density at radius 3 is 2.58 bits per heavy atom. The van der Waals surface area contributed by atoms with Gasteiger partial charge in [0.15, 0.2) is 0 Å². The lowest BCUT2D eigenvalue weighted by molar-refractivity contribution is -0.143. The second-order valence-electron chi connectivity index (χ2n) is 5.89. The third-order valence-electron chi connectivity index (χ3n) is 4.01. The molecule has 5 nitrogen and oxygen atoms in total. The van der Waals surface area contributed by atoms with E-state index in [4.69, 9.17) is 9.15 Å². The molecule has 1 aromatic heterocycles. The average molecular weight is 351 g/mol. The van der Waals surface area contributed by atoms with Crippen LogP contribution in [-0.2, 0) is 9.53 Å². The van der Waals surface area contributed by atoms with E-state index in [1.54, 1.807) is 19.1 Å². The van der Waals surface area contributed by atoms with Gasteiger partial charge in [-0.15, -0.1) is 0 Å². The van der Waals surface area contributed by atoms with Gasteiger partial charge in [0, 0.05) is 29.5 Å². The number of rotatable bonds is 7. The third kappa shape index (κ3) is 4.30. The molecule has 0 bridgehead atoms. The zero-order valence-electron chi connectivity index (χ0n) is 14.7. The maximum Gasteiger partial charge on any atom is 0.305 e. The Labute approximate surface area is 152 Å². The van der Waals surface area contributed by atoms with Gasteiger partial charge in [0.25, 0.3) is 5.91 Å². The molecule has 1 N–H and O–H groups in total. The first-order chi connectivity index (χ1) is 12.7. The number of benzene rings is 2. The fourth-order valence-electron chi connectivity index (χ4n) is 2.68. The molecule has 26 heavy (non-hydrogen) atoms. The number of hydrogen-bond acceptors (Lipinski definition) is 4. The summed E-state index contributed by atoms with van der Waals surface area (Å²) >= 11 is 0. The van der Waals surface area contributed by atoms with Gasteiger partial charge in [-0.2, -0.15) is 0 Å². The van der Waals surface area contributed by atoms with Crippen LogP contribution in [-0.4, -0.2) is 25.0 Å². The Balaban J connectivity index is 1.57. The minimum Gasteiger partial charge on any atom is -0.466 e. The number of amides is 1. The van der Waals surface area contributed by atoms with E-state index < -0.39 is 0 Å². The van der Waals surface area contributed by atoms with Gasteiger partial charge in [-0.05, 0) is 37.6 Å². The summed E-state index contributed by atoms with van der Waals surface area (Å²) in [5, 5.41) is 3.85. The zero-order valence-corrected chi connectivity index (χ0v) is 14.7. The van der Waals surface area contributed by atoms with Crippen LogP contribution >= 0.6 is 0 Å². The Morgan fingerprint density at radius 2 is 1.85 bits per heavy atom. The highest BCUT2D eigenvalue weighted by molar-refractivity contribution is 5.94. The smallest absolute Gasteiger partial charge is 0.305 e. The van der Waals surface area contributed by atoms with E-state index in [0.29, 0.717) is 31.6 Å². The van der Waals surface area contributed by atoms with Crippen molar-refractivity contribution < 1.29 is 18.7 Å². The van der Waals surface area contributed by atoms with Crippen LogP contribution in [0.1, 0.15) is 30.1 Å². The largest absolute Gasteiger partial charge is 0.466 e. The molecular formula is C21H21NO4. The minimum absolute atomic E-state index is 0.162. The number of furan rings is 1. The van der Waals surface area contributed by atoms with Crippen molar-refractivity contribution in [2.75, 3.05) is 13.2 Å². The second kappa shape index (κ2) is 8.34. The summed E-state index contributed by atoms with van der Waals surface area (Å²) in [5.74, 6) is 0.370. The lowest BCUT2D eigenvalue weighted by Crippen LogP contribution is -2.25. The minimum atomic E-state index is -0.239.